The number of rotatable bonds is 3. The first-order valence-corrected chi connectivity index (χ1v) is 7.71. The predicted molar refractivity (Wildman–Crippen MR) is 88.8 cm³/mol. The van der Waals surface area contributed by atoms with Crippen molar-refractivity contribution in [3.8, 4) is 11.4 Å². The van der Waals surface area contributed by atoms with Gasteiger partial charge in [0.25, 0.3) is 0 Å². The van der Waals surface area contributed by atoms with E-state index in [0.29, 0.717) is 5.82 Å². The predicted octanol–water partition coefficient (Wildman–Crippen LogP) is -0.675. The molecule has 2 aromatic heterocycles. The lowest BCUT2D eigenvalue weighted by molar-refractivity contribution is -0.686. The second-order valence-electron chi connectivity index (χ2n) is 6.47. The van der Waals surface area contributed by atoms with Gasteiger partial charge in [0.15, 0.2) is 18.2 Å². The summed E-state index contributed by atoms with van der Waals surface area (Å²) in [5.41, 5.74) is 1.92. The van der Waals surface area contributed by atoms with Crippen LogP contribution in [0, 0.1) is 0 Å². The second-order valence-corrected chi connectivity index (χ2v) is 6.47. The van der Waals surface area contributed by atoms with Crippen molar-refractivity contribution in [2.24, 2.45) is 0 Å². The molecule has 130 valence electrons. The van der Waals surface area contributed by atoms with E-state index in [2.05, 4.69) is 15.2 Å². The van der Waals surface area contributed by atoms with Crippen LogP contribution < -0.4 is 21.5 Å². The molecule has 3 aromatic rings. The van der Waals surface area contributed by atoms with Crippen molar-refractivity contribution in [2.75, 3.05) is 0 Å². The van der Waals surface area contributed by atoms with E-state index >= 15 is 0 Å². The number of carbonyl (C=O) groups excluding carboxylic acids is 1. The molecular formula is C18H19BrN4O2. The van der Waals surface area contributed by atoms with Gasteiger partial charge in [-0.1, -0.05) is 12.1 Å². The third kappa shape index (κ3) is 5.03. The summed E-state index contributed by atoms with van der Waals surface area (Å²) in [5, 5.41) is 8.33. The lowest BCUT2D eigenvalue weighted by Crippen LogP contribution is -3.00. The maximum atomic E-state index is 11.9. The highest BCUT2D eigenvalue weighted by atomic mass is 79.9. The molecule has 7 heteroatoms. The van der Waals surface area contributed by atoms with Crippen molar-refractivity contribution in [1.29, 1.82) is 0 Å². The first-order valence-electron chi connectivity index (χ1n) is 7.71. The van der Waals surface area contributed by atoms with Crippen molar-refractivity contribution in [1.82, 2.24) is 15.2 Å². The molecule has 2 heterocycles. The number of ether oxygens (including phenoxy) is 1. The van der Waals surface area contributed by atoms with Crippen LogP contribution in [0.15, 0.2) is 48.8 Å². The number of hydrogen-bond donors (Lipinski definition) is 0. The largest absolute Gasteiger partial charge is 1.00 e. The lowest BCUT2D eigenvalue weighted by atomic mass is 10.2. The smallest absolute Gasteiger partial charge is 0.373 e. The average Bonchev–Trinajstić information content (AvgIpc) is 2.53. The minimum atomic E-state index is -0.484. The van der Waals surface area contributed by atoms with Gasteiger partial charge in [0.1, 0.15) is 11.1 Å². The quantitative estimate of drug-likeness (QED) is 0.429. The zero-order valence-electron chi connectivity index (χ0n) is 14.3. The van der Waals surface area contributed by atoms with Gasteiger partial charge in [-0.15, -0.1) is 10.2 Å². The van der Waals surface area contributed by atoms with Crippen molar-refractivity contribution in [3.63, 3.8) is 0 Å². The maximum absolute atomic E-state index is 11.9. The minimum absolute atomic E-state index is 0. The van der Waals surface area contributed by atoms with E-state index in [4.69, 9.17) is 4.74 Å². The highest BCUT2D eigenvalue weighted by Gasteiger charge is 2.19. The van der Waals surface area contributed by atoms with E-state index in [0.717, 1.165) is 16.6 Å². The topological polar surface area (TPSA) is 68.8 Å². The molecule has 0 N–H and O–H groups in total. The summed E-state index contributed by atoms with van der Waals surface area (Å²) in [6, 6.07) is 11.3. The van der Waals surface area contributed by atoms with Crippen LogP contribution in [0.2, 0.25) is 0 Å². The first-order chi connectivity index (χ1) is 11.4. The van der Waals surface area contributed by atoms with Crippen LogP contribution in [0.4, 0.5) is 0 Å². The van der Waals surface area contributed by atoms with Crippen LogP contribution >= 0.6 is 0 Å². The Kier molecular flexibility index (Phi) is 5.79. The summed E-state index contributed by atoms with van der Waals surface area (Å²) in [5.74, 6) is 0.280. The standard InChI is InChI=1S/C18H19N4O2.BrH/c1-18(2,3)24-16(23)12-22-10-8-13(9-11-22)17-19-14-6-4-5-7-15(14)20-21-17;/h4-11H,12H2,1-3H3;1H/q+1;/p-1. The van der Waals surface area contributed by atoms with Gasteiger partial charge in [0.2, 0.25) is 6.54 Å². The van der Waals surface area contributed by atoms with Gasteiger partial charge in [0, 0.05) is 17.7 Å². The number of nitrogens with zero attached hydrogens (tertiary/aromatic N) is 4. The van der Waals surface area contributed by atoms with Crippen LogP contribution in [0.5, 0.6) is 0 Å². The number of fused-ring (bicyclic) bond motifs is 1. The molecule has 0 aliphatic heterocycles. The minimum Gasteiger partial charge on any atom is -1.00 e. The molecule has 0 atom stereocenters. The Morgan fingerprint density at radius 2 is 1.68 bits per heavy atom. The Balaban J connectivity index is 0.00000225. The number of esters is 1. The number of benzene rings is 1. The highest BCUT2D eigenvalue weighted by Crippen LogP contribution is 2.15. The highest BCUT2D eigenvalue weighted by molar-refractivity contribution is 5.75. The molecule has 0 aliphatic rings. The van der Waals surface area contributed by atoms with Gasteiger partial charge in [-0.25, -0.2) is 9.78 Å². The Morgan fingerprint density at radius 3 is 2.32 bits per heavy atom. The van der Waals surface area contributed by atoms with E-state index in [-0.39, 0.29) is 29.5 Å². The van der Waals surface area contributed by atoms with Gasteiger partial charge in [0.05, 0.1) is 5.52 Å². The first kappa shape index (κ1) is 18.9. The van der Waals surface area contributed by atoms with Crippen LogP contribution in [-0.4, -0.2) is 26.8 Å². The number of para-hydroxylation sites is 1. The summed E-state index contributed by atoms with van der Waals surface area (Å²) in [6.45, 7) is 5.71. The number of carbonyl (C=O) groups is 1. The number of hydrogen-bond acceptors (Lipinski definition) is 5. The van der Waals surface area contributed by atoms with Crippen LogP contribution in [0.25, 0.3) is 22.4 Å². The van der Waals surface area contributed by atoms with Crippen molar-refractivity contribution < 1.29 is 31.1 Å². The molecule has 0 spiro atoms. The summed E-state index contributed by atoms with van der Waals surface area (Å²) >= 11 is 0. The zero-order chi connectivity index (χ0) is 17.2. The molecule has 3 rings (SSSR count). The number of pyridine rings is 1. The van der Waals surface area contributed by atoms with Gasteiger partial charge in [-0.3, -0.25) is 0 Å². The van der Waals surface area contributed by atoms with Gasteiger partial charge < -0.3 is 21.7 Å². The van der Waals surface area contributed by atoms with Gasteiger partial charge >= 0.3 is 5.97 Å². The molecule has 0 saturated carbocycles. The third-order valence-corrected chi connectivity index (χ3v) is 3.24. The number of aromatic nitrogens is 4. The molecule has 0 bridgehead atoms. The molecule has 0 radical (unpaired) electrons. The summed E-state index contributed by atoms with van der Waals surface area (Å²) in [7, 11) is 0. The number of halogens is 1. The molecular weight excluding hydrogens is 384 g/mol. The van der Waals surface area contributed by atoms with E-state index in [1.807, 2.05) is 57.2 Å². The summed E-state index contributed by atoms with van der Waals surface area (Å²) in [6.07, 6.45) is 3.61. The van der Waals surface area contributed by atoms with Crippen LogP contribution in [-0.2, 0) is 16.1 Å². The van der Waals surface area contributed by atoms with E-state index in [1.165, 1.54) is 0 Å². The van der Waals surface area contributed by atoms with Crippen molar-refractivity contribution >= 4 is 17.0 Å². The fraction of sp³-hybridized carbons (Fsp3) is 0.278. The fourth-order valence-corrected chi connectivity index (χ4v) is 2.24. The van der Waals surface area contributed by atoms with E-state index in [1.54, 1.807) is 17.0 Å². The second kappa shape index (κ2) is 7.65. The van der Waals surface area contributed by atoms with Crippen molar-refractivity contribution in [3.05, 3.63) is 48.8 Å². The van der Waals surface area contributed by atoms with Crippen molar-refractivity contribution in [2.45, 2.75) is 32.9 Å². The van der Waals surface area contributed by atoms with Gasteiger partial charge in [-0.2, -0.15) is 4.57 Å². The average molecular weight is 403 g/mol. The zero-order valence-corrected chi connectivity index (χ0v) is 15.9. The Bertz CT molecular complexity index is 876. The SMILES string of the molecule is CC(C)(C)OC(=O)C[n+]1ccc(-c2nnc3ccccc3n2)cc1.[Br-]. The Morgan fingerprint density at radius 1 is 1.04 bits per heavy atom. The lowest BCUT2D eigenvalue weighted by Gasteiger charge is -2.18. The fourth-order valence-electron chi connectivity index (χ4n) is 2.24. The van der Waals surface area contributed by atoms with Crippen LogP contribution in [0.1, 0.15) is 20.8 Å². The molecule has 6 nitrogen and oxygen atoms in total. The monoisotopic (exact) mass is 402 g/mol. The van der Waals surface area contributed by atoms with E-state index < -0.39 is 5.60 Å². The van der Waals surface area contributed by atoms with Crippen LogP contribution in [0.3, 0.4) is 0 Å². The van der Waals surface area contributed by atoms with E-state index in [9.17, 15) is 4.79 Å². The molecule has 0 unspecified atom stereocenters. The summed E-state index contributed by atoms with van der Waals surface area (Å²) in [4.78, 5) is 16.4. The molecule has 0 fully saturated rings. The Labute approximate surface area is 156 Å². The molecule has 25 heavy (non-hydrogen) atoms. The molecule has 1 aromatic carbocycles. The third-order valence-electron chi connectivity index (χ3n) is 3.24. The Hall–Kier alpha value is -2.41. The normalized spacial score (nSPS) is 11.0. The maximum Gasteiger partial charge on any atom is 0.373 e. The van der Waals surface area contributed by atoms with Gasteiger partial charge in [-0.05, 0) is 32.9 Å². The molecule has 0 saturated heterocycles. The molecule has 0 aliphatic carbocycles. The molecule has 0 amide bonds. The summed E-state index contributed by atoms with van der Waals surface area (Å²) < 4.78 is 7.07.